The molecule has 0 aliphatic rings. The number of quaternary nitrogens is 1. The third-order valence-electron chi connectivity index (χ3n) is 17.5. The molecule has 528 valence electrons. The second kappa shape index (κ2) is 71.0. The fourth-order valence-electron chi connectivity index (χ4n) is 11.6. The maximum atomic E-state index is 12.9. The van der Waals surface area contributed by atoms with E-state index in [2.05, 4.69) is 74.6 Å². The zero-order valence-corrected chi connectivity index (χ0v) is 61.2. The molecule has 0 aliphatic carbocycles. The quantitative estimate of drug-likeness (QED) is 0.0195. The SMILES string of the molecule is CC/C=C\C/C=C\C/C=C\C/C=C\CCCCCCCCCCCCCCCCCCCCCCCCCCC(=O)OC(COC(=O)CCCCCCCCCCCCCCCCCCC/C=C\CCCCCCCCCC)COP(=O)([O-])OCC[N+](C)(C)C. The van der Waals surface area contributed by atoms with Gasteiger partial charge in [-0.3, -0.25) is 14.2 Å². The first-order valence-electron chi connectivity index (χ1n) is 39.0. The Morgan fingerprint density at radius 2 is 0.633 bits per heavy atom. The maximum absolute atomic E-state index is 12.9. The lowest BCUT2D eigenvalue weighted by Crippen LogP contribution is -2.37. The molecule has 0 saturated carbocycles. The highest BCUT2D eigenvalue weighted by Gasteiger charge is 2.22. The summed E-state index contributed by atoms with van der Waals surface area (Å²) in [5, 5.41) is 0. The molecule has 10 heteroatoms. The zero-order valence-electron chi connectivity index (χ0n) is 60.4. The monoisotopic (exact) mass is 1280 g/mol. The Morgan fingerprint density at radius 3 is 0.956 bits per heavy atom. The van der Waals surface area contributed by atoms with E-state index in [0.717, 1.165) is 57.8 Å². The van der Waals surface area contributed by atoms with Gasteiger partial charge >= 0.3 is 11.9 Å². The Balaban J connectivity index is 3.92. The summed E-state index contributed by atoms with van der Waals surface area (Å²) in [5.74, 6) is -0.810. The van der Waals surface area contributed by atoms with Crippen molar-refractivity contribution >= 4 is 19.8 Å². The van der Waals surface area contributed by atoms with Crippen LogP contribution in [0.5, 0.6) is 0 Å². The van der Waals surface area contributed by atoms with E-state index >= 15 is 0 Å². The van der Waals surface area contributed by atoms with Crippen LogP contribution in [0.25, 0.3) is 0 Å². The van der Waals surface area contributed by atoms with Crippen molar-refractivity contribution < 1.29 is 42.1 Å². The molecule has 0 rings (SSSR count). The van der Waals surface area contributed by atoms with Crippen molar-refractivity contribution in [2.24, 2.45) is 0 Å². The summed E-state index contributed by atoms with van der Waals surface area (Å²) in [6.45, 7) is 4.20. The van der Waals surface area contributed by atoms with Gasteiger partial charge in [-0.25, -0.2) is 0 Å². The normalized spacial score (nSPS) is 13.4. The van der Waals surface area contributed by atoms with Gasteiger partial charge in [0.05, 0.1) is 27.7 Å². The molecular weight excluding hydrogens is 1130 g/mol. The Kier molecular flexibility index (Phi) is 69.2. The number of allylic oxidation sites excluding steroid dienone is 10. The van der Waals surface area contributed by atoms with Crippen LogP contribution in [0.2, 0.25) is 0 Å². The van der Waals surface area contributed by atoms with Crippen molar-refractivity contribution in [3.05, 3.63) is 60.8 Å². The largest absolute Gasteiger partial charge is 0.756 e. The van der Waals surface area contributed by atoms with Crippen LogP contribution in [0.4, 0.5) is 0 Å². The molecule has 0 N–H and O–H groups in total. The van der Waals surface area contributed by atoms with E-state index < -0.39 is 26.5 Å². The predicted molar refractivity (Wildman–Crippen MR) is 388 cm³/mol. The van der Waals surface area contributed by atoms with Crippen LogP contribution in [0.3, 0.4) is 0 Å². The fourth-order valence-corrected chi connectivity index (χ4v) is 12.3. The van der Waals surface area contributed by atoms with Crippen LogP contribution in [-0.4, -0.2) is 70.0 Å². The molecule has 0 heterocycles. The first-order valence-corrected chi connectivity index (χ1v) is 40.5. The van der Waals surface area contributed by atoms with Gasteiger partial charge < -0.3 is 27.9 Å². The molecule has 0 aromatic rings. The Bertz CT molecular complexity index is 1700. The fraction of sp³-hybridized carbons (Fsp3) is 0.850. The van der Waals surface area contributed by atoms with Gasteiger partial charge in [0.15, 0.2) is 6.10 Å². The molecule has 2 unspecified atom stereocenters. The average molecular weight is 1290 g/mol. The van der Waals surface area contributed by atoms with Gasteiger partial charge in [-0.2, -0.15) is 0 Å². The number of esters is 2. The van der Waals surface area contributed by atoms with E-state index in [-0.39, 0.29) is 32.0 Å². The van der Waals surface area contributed by atoms with Crippen LogP contribution >= 0.6 is 7.82 Å². The average Bonchev–Trinajstić information content (AvgIpc) is 3.58. The van der Waals surface area contributed by atoms with Gasteiger partial charge in [0, 0.05) is 12.8 Å². The molecule has 0 spiro atoms. The Morgan fingerprint density at radius 1 is 0.356 bits per heavy atom. The van der Waals surface area contributed by atoms with Crippen molar-refractivity contribution in [3.63, 3.8) is 0 Å². The number of rotatable bonds is 73. The number of ether oxygens (including phenoxy) is 2. The standard InChI is InChI=1S/C80H150NO8P/c1-6-8-10-12-14-16-18-20-22-24-26-28-30-32-34-36-37-38-39-40-41-42-43-45-47-49-51-53-55-57-59-61-63-65-67-69-71-73-80(83)89-78(77-88-90(84,85)87-75-74-81(3,4)5)76-86-79(82)72-70-68-66-64-62-60-58-56-54-52-50-48-46-44-35-33-31-29-27-25-23-21-19-17-15-13-11-9-7-2/h8,10,14,16,20,22,25-28,78H,6-7,9,11-13,15,17-19,21,23-24,29-77H2,1-5H3/b10-8-,16-14-,22-20-,27-25-,28-26-. The number of hydrogen-bond acceptors (Lipinski definition) is 8. The molecule has 0 amide bonds. The molecule has 0 radical (unpaired) electrons. The van der Waals surface area contributed by atoms with Gasteiger partial charge in [0.2, 0.25) is 0 Å². The van der Waals surface area contributed by atoms with E-state index in [0.29, 0.717) is 17.4 Å². The molecule has 9 nitrogen and oxygen atoms in total. The van der Waals surface area contributed by atoms with Gasteiger partial charge in [-0.15, -0.1) is 0 Å². The number of phosphoric acid groups is 1. The summed E-state index contributed by atoms with van der Waals surface area (Å²) in [4.78, 5) is 38.2. The number of likely N-dealkylation sites (N-methyl/N-ethyl adjacent to an activating group) is 1. The number of hydrogen-bond donors (Lipinski definition) is 0. The summed E-state index contributed by atoms with van der Waals surface area (Å²) in [7, 11) is 1.19. The van der Waals surface area contributed by atoms with E-state index in [1.54, 1.807) is 0 Å². The Hall–Kier alpha value is -2.29. The van der Waals surface area contributed by atoms with Crippen LogP contribution in [0.15, 0.2) is 60.8 Å². The molecule has 0 aliphatic heterocycles. The summed E-state index contributed by atoms with van der Waals surface area (Å²) >= 11 is 0. The molecule has 0 aromatic heterocycles. The lowest BCUT2D eigenvalue weighted by atomic mass is 10.0. The number of phosphoric ester groups is 1. The highest BCUT2D eigenvalue weighted by Crippen LogP contribution is 2.38. The Labute approximate surface area is 559 Å². The predicted octanol–water partition coefficient (Wildman–Crippen LogP) is 25.1. The molecule has 0 saturated heterocycles. The lowest BCUT2D eigenvalue weighted by Gasteiger charge is -2.28. The third-order valence-corrected chi connectivity index (χ3v) is 18.5. The van der Waals surface area contributed by atoms with E-state index in [1.165, 1.54) is 295 Å². The topological polar surface area (TPSA) is 111 Å². The molecule has 0 aromatic carbocycles. The maximum Gasteiger partial charge on any atom is 0.306 e. The smallest absolute Gasteiger partial charge is 0.306 e. The van der Waals surface area contributed by atoms with Gasteiger partial charge in [0.1, 0.15) is 19.8 Å². The minimum absolute atomic E-state index is 0.0283. The summed E-state index contributed by atoms with van der Waals surface area (Å²) in [6.07, 6.45) is 94.8. The minimum atomic E-state index is -4.64. The summed E-state index contributed by atoms with van der Waals surface area (Å²) < 4.78 is 34.4. The van der Waals surface area contributed by atoms with Crippen molar-refractivity contribution in [1.82, 2.24) is 0 Å². The van der Waals surface area contributed by atoms with Gasteiger partial charge in [-0.05, 0) is 77.0 Å². The van der Waals surface area contributed by atoms with Crippen LogP contribution < -0.4 is 4.89 Å². The number of carbonyl (C=O) groups is 2. The summed E-state index contributed by atoms with van der Waals surface area (Å²) in [6, 6.07) is 0. The summed E-state index contributed by atoms with van der Waals surface area (Å²) in [5.41, 5.74) is 0. The zero-order chi connectivity index (χ0) is 65.5. The molecule has 2 atom stereocenters. The van der Waals surface area contributed by atoms with Crippen LogP contribution in [0, 0.1) is 0 Å². The van der Waals surface area contributed by atoms with Crippen molar-refractivity contribution in [3.8, 4) is 0 Å². The molecule has 0 bridgehead atoms. The molecule has 90 heavy (non-hydrogen) atoms. The van der Waals surface area contributed by atoms with Crippen LogP contribution in [-0.2, 0) is 32.7 Å². The van der Waals surface area contributed by atoms with E-state index in [9.17, 15) is 19.0 Å². The van der Waals surface area contributed by atoms with E-state index in [4.69, 9.17) is 18.5 Å². The second-order valence-corrected chi connectivity index (χ2v) is 29.1. The molecule has 0 fully saturated rings. The van der Waals surface area contributed by atoms with Gasteiger partial charge in [0.25, 0.3) is 7.82 Å². The first-order chi connectivity index (χ1) is 44.0. The van der Waals surface area contributed by atoms with Gasteiger partial charge in [-0.1, -0.05) is 357 Å². The first kappa shape index (κ1) is 87.7. The highest BCUT2D eigenvalue weighted by molar-refractivity contribution is 7.45. The highest BCUT2D eigenvalue weighted by atomic mass is 31.2. The van der Waals surface area contributed by atoms with E-state index in [1.807, 2.05) is 21.1 Å². The molecular formula is C80H150NO8P. The second-order valence-electron chi connectivity index (χ2n) is 27.7. The number of carbonyl (C=O) groups excluding carboxylic acids is 2. The number of nitrogens with zero attached hydrogens (tertiary/aromatic N) is 1. The van der Waals surface area contributed by atoms with Crippen molar-refractivity contribution in [2.45, 2.75) is 392 Å². The lowest BCUT2D eigenvalue weighted by molar-refractivity contribution is -0.870. The number of unbranched alkanes of at least 4 members (excludes halogenated alkanes) is 49. The van der Waals surface area contributed by atoms with Crippen molar-refractivity contribution in [1.29, 1.82) is 0 Å². The third kappa shape index (κ3) is 74.7. The minimum Gasteiger partial charge on any atom is -0.756 e. The van der Waals surface area contributed by atoms with Crippen molar-refractivity contribution in [2.75, 3.05) is 47.5 Å². The van der Waals surface area contributed by atoms with Crippen LogP contribution in [0.1, 0.15) is 386 Å².